The van der Waals surface area contributed by atoms with E-state index < -0.39 is 0 Å². The van der Waals surface area contributed by atoms with E-state index >= 15 is 0 Å². The number of esters is 1. The fourth-order valence-electron chi connectivity index (χ4n) is 1.61. The van der Waals surface area contributed by atoms with E-state index in [2.05, 4.69) is 4.99 Å². The van der Waals surface area contributed by atoms with Crippen molar-refractivity contribution in [1.29, 1.82) is 0 Å². The fraction of sp³-hybridized carbons (Fsp3) is 0.333. The molecule has 0 N–H and O–H groups in total. The van der Waals surface area contributed by atoms with E-state index in [1.54, 1.807) is 6.92 Å². The van der Waals surface area contributed by atoms with E-state index in [-0.39, 0.29) is 12.5 Å². The van der Waals surface area contributed by atoms with Gasteiger partial charge in [0, 0.05) is 11.4 Å². The van der Waals surface area contributed by atoms with Gasteiger partial charge >= 0.3 is 5.97 Å². The maximum absolute atomic E-state index is 11.3. The van der Waals surface area contributed by atoms with Crippen LogP contribution in [0.4, 0.5) is 0 Å². The molecule has 0 unspecified atom stereocenters. The molecule has 0 saturated heterocycles. The zero-order valence-corrected chi connectivity index (χ0v) is 9.22. The number of ether oxygens (including phenoxy) is 1. The van der Waals surface area contributed by atoms with Crippen LogP contribution in [-0.2, 0) is 9.53 Å². The molecule has 16 heavy (non-hydrogen) atoms. The molecule has 0 aromatic heterocycles. The highest BCUT2D eigenvalue weighted by Crippen LogP contribution is 1.94. The Morgan fingerprint density at radius 2 is 2.31 bits per heavy atom. The van der Waals surface area contributed by atoms with Crippen LogP contribution >= 0.6 is 0 Å². The first-order valence-corrected chi connectivity index (χ1v) is 5.30. The van der Waals surface area contributed by atoms with E-state index in [0.717, 1.165) is 10.6 Å². The number of nitrogens with zero attached hydrogens (tertiary/aromatic N) is 2. The van der Waals surface area contributed by atoms with Crippen LogP contribution in [0, 0.1) is 0 Å². The van der Waals surface area contributed by atoms with Gasteiger partial charge in [0.25, 0.3) is 0 Å². The zero-order valence-electron chi connectivity index (χ0n) is 9.22. The predicted molar refractivity (Wildman–Crippen MR) is 59.9 cm³/mol. The fourth-order valence-corrected chi connectivity index (χ4v) is 1.61. The highest BCUT2D eigenvalue weighted by Gasteiger charge is 2.09. The Morgan fingerprint density at radius 1 is 1.50 bits per heavy atom. The van der Waals surface area contributed by atoms with E-state index in [1.165, 1.54) is 0 Å². The molecule has 4 heteroatoms. The Morgan fingerprint density at radius 3 is 3.12 bits per heavy atom. The molecule has 1 heterocycles. The molecule has 0 bridgehead atoms. The number of hydrogen-bond donors (Lipinski definition) is 0. The monoisotopic (exact) mass is 218 g/mol. The lowest BCUT2D eigenvalue weighted by molar-refractivity contribution is -0.143. The molecular formula is C12H14N2O2. The minimum Gasteiger partial charge on any atom is -0.465 e. The number of rotatable bonds is 3. The number of fused-ring (bicyclic) bond motifs is 1. The zero-order chi connectivity index (χ0) is 11.4. The van der Waals surface area contributed by atoms with Gasteiger partial charge in [-0.3, -0.25) is 9.79 Å². The van der Waals surface area contributed by atoms with E-state index in [1.807, 2.05) is 35.4 Å². The van der Waals surface area contributed by atoms with Crippen molar-refractivity contribution in [3.63, 3.8) is 0 Å². The maximum Gasteiger partial charge on any atom is 0.325 e. The van der Waals surface area contributed by atoms with Gasteiger partial charge in [-0.25, -0.2) is 0 Å². The summed E-state index contributed by atoms with van der Waals surface area (Å²) in [5.74, 6) is -0.215. The van der Waals surface area contributed by atoms with Gasteiger partial charge < -0.3 is 9.64 Å². The summed E-state index contributed by atoms with van der Waals surface area (Å²) in [5.41, 5.74) is 0. The number of carbonyl (C=O) groups is 1. The van der Waals surface area contributed by atoms with Crippen LogP contribution in [0.2, 0.25) is 0 Å². The molecular weight excluding hydrogens is 204 g/mol. The molecule has 1 aliphatic heterocycles. The molecule has 0 spiro atoms. The minimum atomic E-state index is -0.215. The van der Waals surface area contributed by atoms with Gasteiger partial charge in [0.15, 0.2) is 0 Å². The Bertz CT molecular complexity index is 496. The van der Waals surface area contributed by atoms with Gasteiger partial charge in [0.2, 0.25) is 0 Å². The summed E-state index contributed by atoms with van der Waals surface area (Å²) in [7, 11) is 0. The lowest BCUT2D eigenvalue weighted by Gasteiger charge is -2.19. The molecule has 2 rings (SSSR count). The van der Waals surface area contributed by atoms with Crippen molar-refractivity contribution in [3.8, 4) is 0 Å². The Kier molecular flexibility index (Phi) is 3.19. The first-order chi connectivity index (χ1) is 7.79. The molecule has 1 aromatic carbocycles. The standard InChI is InChI=1S/C12H14N2O2/c1-2-16-12(15)8-14-7-10-5-3-4-6-11(10)13-9-14/h3-7H,2,8-9H2,1H3. The summed E-state index contributed by atoms with van der Waals surface area (Å²) < 4.78 is 4.89. The van der Waals surface area contributed by atoms with E-state index in [0.29, 0.717) is 13.3 Å². The molecule has 0 amide bonds. The number of para-hydroxylation sites is 1. The van der Waals surface area contributed by atoms with Crippen molar-refractivity contribution < 1.29 is 9.53 Å². The third kappa shape index (κ3) is 2.39. The van der Waals surface area contributed by atoms with Gasteiger partial charge in [0.05, 0.1) is 12.0 Å². The highest BCUT2D eigenvalue weighted by molar-refractivity contribution is 5.72. The summed E-state index contributed by atoms with van der Waals surface area (Å²) in [6.45, 7) is 2.99. The van der Waals surface area contributed by atoms with Gasteiger partial charge in [-0.15, -0.1) is 0 Å². The average molecular weight is 218 g/mol. The second kappa shape index (κ2) is 4.79. The summed E-state index contributed by atoms with van der Waals surface area (Å²) in [5, 5.41) is 2.01. The van der Waals surface area contributed by atoms with Crippen LogP contribution in [0.5, 0.6) is 0 Å². The minimum absolute atomic E-state index is 0.215. The highest BCUT2D eigenvalue weighted by atomic mass is 16.5. The predicted octanol–water partition coefficient (Wildman–Crippen LogP) is -0.120. The summed E-state index contributed by atoms with van der Waals surface area (Å²) in [4.78, 5) is 17.5. The molecule has 0 atom stereocenters. The van der Waals surface area contributed by atoms with Crippen LogP contribution in [0.1, 0.15) is 6.92 Å². The second-order valence-electron chi connectivity index (χ2n) is 3.54. The quantitative estimate of drug-likeness (QED) is 0.664. The molecule has 0 fully saturated rings. The third-order valence-electron chi connectivity index (χ3n) is 2.32. The van der Waals surface area contributed by atoms with Gasteiger partial charge in [-0.1, -0.05) is 18.2 Å². The molecule has 0 aliphatic carbocycles. The van der Waals surface area contributed by atoms with Crippen LogP contribution in [0.15, 0.2) is 29.3 Å². The smallest absolute Gasteiger partial charge is 0.325 e. The molecule has 0 radical (unpaired) electrons. The maximum atomic E-state index is 11.3. The van der Waals surface area contributed by atoms with Gasteiger partial charge in [-0.05, 0) is 13.0 Å². The SMILES string of the molecule is CCOC(=O)CN1C=c2ccccc2=NC1. The molecule has 84 valence electrons. The van der Waals surface area contributed by atoms with Gasteiger partial charge in [0.1, 0.15) is 13.2 Å². The van der Waals surface area contributed by atoms with Crippen molar-refractivity contribution in [2.45, 2.75) is 6.92 Å². The Hall–Kier alpha value is -1.84. The van der Waals surface area contributed by atoms with Crippen molar-refractivity contribution in [2.75, 3.05) is 19.8 Å². The average Bonchev–Trinajstić information content (AvgIpc) is 2.29. The number of benzene rings is 1. The topological polar surface area (TPSA) is 41.9 Å². The first kappa shape index (κ1) is 10.7. The Balaban J connectivity index is 2.12. The molecule has 0 saturated carbocycles. The Labute approximate surface area is 93.9 Å². The number of carbonyl (C=O) groups excluding carboxylic acids is 1. The van der Waals surface area contributed by atoms with Crippen molar-refractivity contribution in [2.24, 2.45) is 4.99 Å². The van der Waals surface area contributed by atoms with Crippen molar-refractivity contribution in [3.05, 3.63) is 34.8 Å². The lowest BCUT2D eigenvalue weighted by Crippen LogP contribution is -2.38. The normalized spacial score (nSPS) is 13.4. The summed E-state index contributed by atoms with van der Waals surface area (Å²) in [6, 6.07) is 7.86. The first-order valence-electron chi connectivity index (χ1n) is 5.30. The van der Waals surface area contributed by atoms with Crippen molar-refractivity contribution in [1.82, 2.24) is 4.90 Å². The van der Waals surface area contributed by atoms with E-state index in [4.69, 9.17) is 4.74 Å². The molecule has 1 aliphatic rings. The third-order valence-corrected chi connectivity index (χ3v) is 2.32. The number of hydrogen-bond acceptors (Lipinski definition) is 4. The summed E-state index contributed by atoms with van der Waals surface area (Å²) in [6.07, 6.45) is 1.94. The molecule has 4 nitrogen and oxygen atoms in total. The molecule has 1 aromatic rings. The van der Waals surface area contributed by atoms with Gasteiger partial charge in [-0.2, -0.15) is 0 Å². The van der Waals surface area contributed by atoms with Crippen molar-refractivity contribution >= 4 is 12.2 Å². The van der Waals surface area contributed by atoms with E-state index in [9.17, 15) is 4.79 Å². The van der Waals surface area contributed by atoms with Crippen LogP contribution in [-0.4, -0.2) is 30.7 Å². The van der Waals surface area contributed by atoms with Crippen LogP contribution in [0.25, 0.3) is 6.20 Å². The van der Waals surface area contributed by atoms with Crippen LogP contribution < -0.4 is 10.6 Å². The largest absolute Gasteiger partial charge is 0.465 e. The van der Waals surface area contributed by atoms with Crippen LogP contribution in [0.3, 0.4) is 0 Å². The lowest BCUT2D eigenvalue weighted by atomic mass is 10.3. The second-order valence-corrected chi connectivity index (χ2v) is 3.54. The summed E-state index contributed by atoms with van der Waals surface area (Å²) >= 11 is 0.